The molecular weight excluding hydrogens is 228 g/mol. The van der Waals surface area contributed by atoms with Gasteiger partial charge in [0.1, 0.15) is 24.2 Å². The molecule has 1 aromatic heterocycles. The van der Waals surface area contributed by atoms with E-state index in [9.17, 15) is 0 Å². The minimum absolute atomic E-state index is 0.178. The topological polar surface area (TPSA) is 58.2 Å². The van der Waals surface area contributed by atoms with Crippen LogP contribution in [0.3, 0.4) is 0 Å². The summed E-state index contributed by atoms with van der Waals surface area (Å²) in [4.78, 5) is 0. The molecule has 4 heteroatoms. The van der Waals surface area contributed by atoms with Crippen LogP contribution in [0.2, 0.25) is 0 Å². The third-order valence-electron chi connectivity index (χ3n) is 2.99. The summed E-state index contributed by atoms with van der Waals surface area (Å²) in [6.45, 7) is 1.22. The lowest BCUT2D eigenvalue weighted by molar-refractivity contribution is 0.306. The second-order valence-corrected chi connectivity index (χ2v) is 4.16. The van der Waals surface area contributed by atoms with Crippen molar-refractivity contribution in [2.24, 2.45) is 0 Å². The van der Waals surface area contributed by atoms with E-state index in [1.54, 1.807) is 6.07 Å². The molecule has 1 atom stereocenters. The molecule has 1 aliphatic rings. The van der Waals surface area contributed by atoms with Gasteiger partial charge >= 0.3 is 0 Å². The summed E-state index contributed by atoms with van der Waals surface area (Å²) in [5.74, 6) is 2.04. The number of furan rings is 1. The predicted molar refractivity (Wildman–Crippen MR) is 64.9 cm³/mol. The first-order valence-corrected chi connectivity index (χ1v) is 5.81. The van der Waals surface area contributed by atoms with Crippen LogP contribution in [0.4, 0.5) is 0 Å². The Bertz CT molecular complexity index is 598. The van der Waals surface area contributed by atoms with Crippen molar-refractivity contribution in [3.63, 3.8) is 0 Å². The fraction of sp³-hybridized carbons (Fsp3) is 0.214. The van der Waals surface area contributed by atoms with Crippen molar-refractivity contribution in [2.45, 2.75) is 12.6 Å². The summed E-state index contributed by atoms with van der Waals surface area (Å²) >= 11 is 0. The molecule has 0 spiro atoms. The molecule has 0 radical (unpaired) electrons. The Morgan fingerprint density at radius 1 is 1.28 bits per heavy atom. The van der Waals surface area contributed by atoms with Gasteiger partial charge in [-0.1, -0.05) is 18.2 Å². The molecule has 3 rings (SSSR count). The number of benzene rings is 1. The molecule has 4 nitrogen and oxygen atoms in total. The van der Waals surface area contributed by atoms with Crippen molar-refractivity contribution in [2.75, 3.05) is 6.61 Å². The van der Waals surface area contributed by atoms with Gasteiger partial charge in [-0.15, -0.1) is 0 Å². The number of fused-ring (bicyclic) bond motifs is 1. The van der Waals surface area contributed by atoms with Crippen molar-refractivity contribution >= 4 is 0 Å². The maximum Gasteiger partial charge on any atom is 0.203 e. The highest BCUT2D eigenvalue weighted by Gasteiger charge is 2.23. The SMILES string of the molecule is N#Cc1ccc(CNC2COc3ccccc32)o1. The maximum atomic E-state index is 8.68. The number of rotatable bonds is 3. The molecule has 2 heterocycles. The van der Waals surface area contributed by atoms with Gasteiger partial charge in [0, 0.05) is 5.56 Å². The van der Waals surface area contributed by atoms with E-state index in [0.717, 1.165) is 11.5 Å². The third-order valence-corrected chi connectivity index (χ3v) is 2.99. The maximum absolute atomic E-state index is 8.68. The molecule has 1 aromatic carbocycles. The Labute approximate surface area is 105 Å². The van der Waals surface area contributed by atoms with E-state index in [0.29, 0.717) is 18.9 Å². The standard InChI is InChI=1S/C14H12N2O2/c15-7-10-5-6-11(18-10)8-16-13-9-17-14-4-2-1-3-12(13)14/h1-6,13,16H,8-9H2. The molecule has 0 saturated heterocycles. The van der Waals surface area contributed by atoms with Gasteiger partial charge in [-0.3, -0.25) is 5.32 Å². The van der Waals surface area contributed by atoms with Gasteiger partial charge in [0.15, 0.2) is 0 Å². The molecular formula is C14H12N2O2. The van der Waals surface area contributed by atoms with Crippen molar-refractivity contribution < 1.29 is 9.15 Å². The van der Waals surface area contributed by atoms with E-state index in [-0.39, 0.29) is 6.04 Å². The highest BCUT2D eigenvalue weighted by molar-refractivity contribution is 5.39. The first kappa shape index (κ1) is 10.9. The average Bonchev–Trinajstić information content (AvgIpc) is 3.03. The van der Waals surface area contributed by atoms with E-state index in [1.807, 2.05) is 30.3 Å². The number of nitrogens with zero attached hydrogens (tertiary/aromatic N) is 1. The quantitative estimate of drug-likeness (QED) is 0.894. The van der Waals surface area contributed by atoms with E-state index in [2.05, 4.69) is 11.4 Å². The number of nitriles is 1. The summed E-state index contributed by atoms with van der Waals surface area (Å²) in [5.41, 5.74) is 1.17. The number of nitrogens with one attached hydrogen (secondary N) is 1. The Kier molecular flexibility index (Phi) is 2.75. The van der Waals surface area contributed by atoms with Crippen LogP contribution in [-0.4, -0.2) is 6.61 Å². The molecule has 0 saturated carbocycles. The molecule has 18 heavy (non-hydrogen) atoms. The van der Waals surface area contributed by atoms with Crippen molar-refractivity contribution in [3.05, 3.63) is 53.5 Å². The van der Waals surface area contributed by atoms with Crippen molar-refractivity contribution in [3.8, 4) is 11.8 Å². The first-order valence-electron chi connectivity index (χ1n) is 5.81. The molecule has 0 amide bonds. The van der Waals surface area contributed by atoms with Gasteiger partial charge in [-0.25, -0.2) is 0 Å². The zero-order valence-corrected chi connectivity index (χ0v) is 9.72. The van der Waals surface area contributed by atoms with E-state index < -0.39 is 0 Å². The summed E-state index contributed by atoms with van der Waals surface area (Å²) in [7, 11) is 0. The molecule has 90 valence electrons. The van der Waals surface area contributed by atoms with Crippen LogP contribution in [-0.2, 0) is 6.54 Å². The summed E-state index contributed by atoms with van der Waals surface area (Å²) in [6.07, 6.45) is 0. The van der Waals surface area contributed by atoms with Crippen molar-refractivity contribution in [1.82, 2.24) is 5.32 Å². The summed E-state index contributed by atoms with van der Waals surface area (Å²) < 4.78 is 10.9. The summed E-state index contributed by atoms with van der Waals surface area (Å²) in [5, 5.41) is 12.0. The Morgan fingerprint density at radius 3 is 3.00 bits per heavy atom. The zero-order chi connectivity index (χ0) is 12.4. The van der Waals surface area contributed by atoms with Crippen LogP contribution in [0, 0.1) is 11.3 Å². The van der Waals surface area contributed by atoms with Gasteiger partial charge in [0.25, 0.3) is 0 Å². The highest BCUT2D eigenvalue weighted by Crippen LogP contribution is 2.31. The van der Waals surface area contributed by atoms with Crippen LogP contribution in [0.5, 0.6) is 5.75 Å². The van der Waals surface area contributed by atoms with Gasteiger partial charge in [-0.05, 0) is 18.2 Å². The normalized spacial score (nSPS) is 16.9. The third kappa shape index (κ3) is 1.96. The first-order chi connectivity index (χ1) is 8.86. The number of ether oxygens (including phenoxy) is 1. The van der Waals surface area contributed by atoms with Crippen LogP contribution >= 0.6 is 0 Å². The fourth-order valence-electron chi connectivity index (χ4n) is 2.09. The van der Waals surface area contributed by atoms with E-state index >= 15 is 0 Å². The van der Waals surface area contributed by atoms with Crippen molar-refractivity contribution in [1.29, 1.82) is 5.26 Å². The smallest absolute Gasteiger partial charge is 0.203 e. The predicted octanol–water partition coefficient (Wildman–Crippen LogP) is 2.37. The molecule has 0 bridgehead atoms. The van der Waals surface area contributed by atoms with E-state index in [4.69, 9.17) is 14.4 Å². The van der Waals surface area contributed by atoms with Gasteiger partial charge in [0.2, 0.25) is 5.76 Å². The van der Waals surface area contributed by atoms with Gasteiger partial charge in [-0.2, -0.15) is 5.26 Å². The highest BCUT2D eigenvalue weighted by atomic mass is 16.5. The van der Waals surface area contributed by atoms with Crippen LogP contribution < -0.4 is 10.1 Å². The van der Waals surface area contributed by atoms with Gasteiger partial charge in [0.05, 0.1) is 12.6 Å². The fourth-order valence-corrected chi connectivity index (χ4v) is 2.09. The lowest BCUT2D eigenvalue weighted by Crippen LogP contribution is -2.21. The number of hydrogen-bond donors (Lipinski definition) is 1. The largest absolute Gasteiger partial charge is 0.491 e. The Hall–Kier alpha value is -2.25. The van der Waals surface area contributed by atoms with Crippen LogP contribution in [0.1, 0.15) is 23.1 Å². The Balaban J connectivity index is 1.67. The number of para-hydroxylation sites is 1. The van der Waals surface area contributed by atoms with Crippen LogP contribution in [0.25, 0.3) is 0 Å². The monoisotopic (exact) mass is 240 g/mol. The lowest BCUT2D eigenvalue weighted by Gasteiger charge is -2.09. The Morgan fingerprint density at radius 2 is 2.17 bits per heavy atom. The molecule has 2 aromatic rings. The van der Waals surface area contributed by atoms with E-state index in [1.165, 1.54) is 5.56 Å². The zero-order valence-electron chi connectivity index (χ0n) is 9.72. The minimum atomic E-state index is 0.178. The molecule has 1 N–H and O–H groups in total. The van der Waals surface area contributed by atoms with Crippen LogP contribution in [0.15, 0.2) is 40.8 Å². The molecule has 0 fully saturated rings. The lowest BCUT2D eigenvalue weighted by atomic mass is 10.1. The van der Waals surface area contributed by atoms with Gasteiger partial charge < -0.3 is 9.15 Å². The number of hydrogen-bond acceptors (Lipinski definition) is 4. The second kappa shape index (κ2) is 4.55. The molecule has 1 aliphatic heterocycles. The molecule has 1 unspecified atom stereocenters. The average molecular weight is 240 g/mol. The summed E-state index contributed by atoms with van der Waals surface area (Å²) in [6, 6.07) is 13.6. The second-order valence-electron chi connectivity index (χ2n) is 4.16. The molecule has 0 aliphatic carbocycles. The minimum Gasteiger partial charge on any atom is -0.491 e.